The van der Waals surface area contributed by atoms with Gasteiger partial charge in [0.1, 0.15) is 17.0 Å². The first kappa shape index (κ1) is 20.0. The molecule has 2 N–H and O–H groups in total. The van der Waals surface area contributed by atoms with E-state index >= 15 is 0 Å². The second-order valence-corrected chi connectivity index (χ2v) is 5.67. The summed E-state index contributed by atoms with van der Waals surface area (Å²) >= 11 is 0. The van der Waals surface area contributed by atoms with Gasteiger partial charge in [-0.05, 0) is 30.3 Å². The summed E-state index contributed by atoms with van der Waals surface area (Å²) in [6.07, 6.45) is 0. The Balaban J connectivity index is 0.00000225. The standard InChI is InChI=1S/C18H15N3O6.Na.H/c1-24-12-4-3-9(5-11(12)18(22)23)15-16(20-21-19-15)10-6-13(25-2)17-14(7-10)26-8-27-17;;/h3-7H,8H2,1-2H3,(H,22,23)(H,19,20,21);;. The van der Waals surface area contributed by atoms with Gasteiger partial charge in [0.15, 0.2) is 11.5 Å². The summed E-state index contributed by atoms with van der Waals surface area (Å²) in [5.41, 5.74) is 2.41. The van der Waals surface area contributed by atoms with Crippen molar-refractivity contribution in [2.75, 3.05) is 21.0 Å². The molecule has 2 aromatic carbocycles. The fourth-order valence-corrected chi connectivity index (χ4v) is 2.93. The van der Waals surface area contributed by atoms with Crippen molar-refractivity contribution in [3.05, 3.63) is 35.9 Å². The molecule has 0 fully saturated rings. The van der Waals surface area contributed by atoms with E-state index in [2.05, 4.69) is 15.4 Å². The van der Waals surface area contributed by atoms with Crippen LogP contribution < -0.4 is 18.9 Å². The van der Waals surface area contributed by atoms with Gasteiger partial charge in [0, 0.05) is 11.1 Å². The van der Waals surface area contributed by atoms with E-state index < -0.39 is 5.97 Å². The number of carbonyl (C=O) groups is 1. The molecule has 0 unspecified atom stereocenters. The zero-order valence-corrected chi connectivity index (χ0v) is 14.5. The van der Waals surface area contributed by atoms with Crippen molar-refractivity contribution in [2.24, 2.45) is 0 Å². The number of hydrogen-bond acceptors (Lipinski definition) is 7. The van der Waals surface area contributed by atoms with Crippen LogP contribution in [0.3, 0.4) is 0 Å². The molecule has 3 aromatic rings. The first-order valence-electron chi connectivity index (χ1n) is 7.93. The topological polar surface area (TPSA) is 116 Å². The molecule has 0 spiro atoms. The molecule has 0 radical (unpaired) electrons. The van der Waals surface area contributed by atoms with Gasteiger partial charge in [-0.25, -0.2) is 4.79 Å². The molecule has 0 bridgehead atoms. The van der Waals surface area contributed by atoms with E-state index in [4.69, 9.17) is 18.9 Å². The van der Waals surface area contributed by atoms with Gasteiger partial charge < -0.3 is 24.1 Å². The molecule has 1 aliphatic heterocycles. The second-order valence-electron chi connectivity index (χ2n) is 5.67. The van der Waals surface area contributed by atoms with Crippen LogP contribution in [0, 0.1) is 0 Å². The van der Waals surface area contributed by atoms with Gasteiger partial charge in [-0.15, -0.1) is 5.10 Å². The third-order valence-corrected chi connectivity index (χ3v) is 4.20. The van der Waals surface area contributed by atoms with Gasteiger partial charge in [-0.3, -0.25) is 5.10 Å². The number of fused-ring (bicyclic) bond motifs is 1. The Morgan fingerprint density at radius 1 is 1.11 bits per heavy atom. The van der Waals surface area contributed by atoms with Gasteiger partial charge in [0.05, 0.1) is 19.9 Å². The van der Waals surface area contributed by atoms with Crippen LogP contribution in [0.1, 0.15) is 10.4 Å². The summed E-state index contributed by atoms with van der Waals surface area (Å²) in [5.74, 6) is 0.760. The van der Waals surface area contributed by atoms with Crippen molar-refractivity contribution in [1.29, 1.82) is 0 Å². The van der Waals surface area contributed by atoms with Crippen LogP contribution in [-0.4, -0.2) is 77.1 Å². The fraction of sp³-hybridized carbons (Fsp3) is 0.167. The van der Waals surface area contributed by atoms with E-state index in [1.807, 2.05) is 0 Å². The van der Waals surface area contributed by atoms with Crippen LogP contribution in [-0.2, 0) is 0 Å². The molecular weight excluding hydrogens is 377 g/mol. The molecule has 140 valence electrons. The Morgan fingerprint density at radius 2 is 1.89 bits per heavy atom. The predicted molar refractivity (Wildman–Crippen MR) is 101 cm³/mol. The molecular formula is C18H16N3NaO6. The van der Waals surface area contributed by atoms with Crippen molar-refractivity contribution in [2.45, 2.75) is 0 Å². The SMILES string of the molecule is COc1ccc(-c2[nH]nnc2-c2cc(OC)c3c(c2)OCO3)cc1C(=O)O.[NaH]. The number of carboxylic acid groups (broad SMARTS) is 1. The second kappa shape index (κ2) is 8.09. The number of aromatic nitrogens is 3. The number of methoxy groups -OCH3 is 2. The Kier molecular flexibility index (Phi) is 5.78. The number of rotatable bonds is 5. The van der Waals surface area contributed by atoms with Crippen molar-refractivity contribution < 1.29 is 28.8 Å². The molecule has 10 heteroatoms. The number of benzene rings is 2. The molecule has 0 atom stereocenters. The first-order chi connectivity index (χ1) is 13.1. The number of nitrogens with one attached hydrogen (secondary N) is 1. The molecule has 28 heavy (non-hydrogen) atoms. The molecule has 1 aromatic heterocycles. The summed E-state index contributed by atoms with van der Waals surface area (Å²) in [5, 5.41) is 20.3. The van der Waals surface area contributed by atoms with E-state index in [0.29, 0.717) is 39.8 Å². The van der Waals surface area contributed by atoms with Crippen LogP contribution in [0.25, 0.3) is 22.5 Å². The number of ether oxygens (including phenoxy) is 4. The molecule has 9 nitrogen and oxygen atoms in total. The van der Waals surface area contributed by atoms with Crippen LogP contribution in [0.15, 0.2) is 30.3 Å². The maximum absolute atomic E-state index is 11.5. The maximum atomic E-state index is 11.5. The number of carboxylic acids is 1. The average Bonchev–Trinajstić information content (AvgIpc) is 3.35. The summed E-state index contributed by atoms with van der Waals surface area (Å²) in [4.78, 5) is 11.5. The third kappa shape index (κ3) is 3.39. The number of aromatic carboxylic acids is 1. The van der Waals surface area contributed by atoms with E-state index in [9.17, 15) is 9.90 Å². The number of nitrogens with zero attached hydrogens (tertiary/aromatic N) is 2. The first-order valence-corrected chi connectivity index (χ1v) is 7.93. The summed E-state index contributed by atoms with van der Waals surface area (Å²) in [6, 6.07) is 8.35. The van der Waals surface area contributed by atoms with Gasteiger partial charge in [0.25, 0.3) is 0 Å². The van der Waals surface area contributed by atoms with E-state index in [1.165, 1.54) is 20.3 Å². The number of hydrogen-bond donors (Lipinski definition) is 2. The molecule has 1 aliphatic rings. The van der Waals surface area contributed by atoms with Crippen molar-refractivity contribution in [1.82, 2.24) is 15.4 Å². The zero-order chi connectivity index (χ0) is 19.0. The molecule has 4 rings (SSSR count). The fourth-order valence-electron chi connectivity index (χ4n) is 2.93. The van der Waals surface area contributed by atoms with Crippen molar-refractivity contribution in [3.63, 3.8) is 0 Å². The molecule has 0 saturated carbocycles. The predicted octanol–water partition coefficient (Wildman–Crippen LogP) is 1.93. The minimum absolute atomic E-state index is 0. The molecule has 0 aliphatic carbocycles. The van der Waals surface area contributed by atoms with Crippen LogP contribution in [0.2, 0.25) is 0 Å². The minimum atomic E-state index is -1.09. The van der Waals surface area contributed by atoms with Crippen LogP contribution in [0.5, 0.6) is 23.0 Å². The molecule has 2 heterocycles. The Bertz CT molecular complexity index is 1040. The Labute approximate surface area is 181 Å². The average molecular weight is 393 g/mol. The van der Waals surface area contributed by atoms with Gasteiger partial charge in [0.2, 0.25) is 12.5 Å². The Morgan fingerprint density at radius 3 is 2.61 bits per heavy atom. The van der Waals surface area contributed by atoms with Gasteiger partial charge in [-0.2, -0.15) is 0 Å². The molecule has 0 saturated heterocycles. The normalized spacial score (nSPS) is 11.6. The van der Waals surface area contributed by atoms with E-state index in [1.54, 1.807) is 24.3 Å². The number of aromatic amines is 1. The van der Waals surface area contributed by atoms with Crippen molar-refractivity contribution in [3.8, 4) is 45.5 Å². The Hall–Kier alpha value is -2.75. The quantitative estimate of drug-likeness (QED) is 0.632. The van der Waals surface area contributed by atoms with Crippen LogP contribution in [0.4, 0.5) is 0 Å². The summed E-state index contributed by atoms with van der Waals surface area (Å²) in [7, 11) is 2.96. The molecule has 0 amide bonds. The summed E-state index contributed by atoms with van der Waals surface area (Å²) < 4.78 is 21.3. The van der Waals surface area contributed by atoms with Gasteiger partial charge in [-0.1, -0.05) is 5.21 Å². The monoisotopic (exact) mass is 393 g/mol. The van der Waals surface area contributed by atoms with E-state index in [-0.39, 0.29) is 47.7 Å². The van der Waals surface area contributed by atoms with Crippen LogP contribution >= 0.6 is 0 Å². The number of H-pyrrole nitrogens is 1. The van der Waals surface area contributed by atoms with E-state index in [0.717, 1.165) is 0 Å². The summed E-state index contributed by atoms with van der Waals surface area (Å²) in [6.45, 7) is 0.112. The van der Waals surface area contributed by atoms with Gasteiger partial charge >= 0.3 is 35.5 Å². The van der Waals surface area contributed by atoms with Crippen molar-refractivity contribution >= 4 is 35.5 Å². The third-order valence-electron chi connectivity index (χ3n) is 4.20. The zero-order valence-electron chi connectivity index (χ0n) is 14.5.